The lowest BCUT2D eigenvalue weighted by atomic mass is 10.0. The van der Waals surface area contributed by atoms with Gasteiger partial charge in [0.2, 0.25) is 0 Å². The number of carbonyl (C=O) groups excluding carboxylic acids is 3. The number of esters is 2. The summed E-state index contributed by atoms with van der Waals surface area (Å²) in [5.74, 6) is -1.78. The van der Waals surface area contributed by atoms with E-state index in [9.17, 15) is 19.5 Å². The Kier molecular flexibility index (Phi) is 39.1. The van der Waals surface area contributed by atoms with E-state index in [0.29, 0.717) is 12.8 Å². The normalized spacial score (nSPS) is 13.3. The molecule has 58 heavy (non-hydrogen) atoms. The molecule has 0 aliphatic heterocycles. The molecule has 8 nitrogen and oxygen atoms in total. The maximum Gasteiger partial charge on any atom is 0.306 e. The zero-order valence-corrected chi connectivity index (χ0v) is 38.2. The molecule has 0 saturated heterocycles. The number of allylic oxidation sites excluding steroid dienone is 8. The fourth-order valence-electron chi connectivity index (χ4n) is 6.83. The summed E-state index contributed by atoms with van der Waals surface area (Å²) < 4.78 is 17.2. The minimum absolute atomic E-state index is 0.0249. The van der Waals surface area contributed by atoms with Crippen molar-refractivity contribution in [2.75, 3.05) is 41.0 Å². The van der Waals surface area contributed by atoms with Gasteiger partial charge >= 0.3 is 11.9 Å². The van der Waals surface area contributed by atoms with E-state index < -0.39 is 18.1 Å². The van der Waals surface area contributed by atoms with E-state index in [1.54, 1.807) is 21.1 Å². The summed E-state index contributed by atoms with van der Waals surface area (Å²) in [5.41, 5.74) is 0. The number of ether oxygens (including phenoxy) is 3. The summed E-state index contributed by atoms with van der Waals surface area (Å²) in [6, 6.07) is -0.733. The summed E-state index contributed by atoms with van der Waals surface area (Å²) in [5, 5.41) is 11.6. The maximum absolute atomic E-state index is 12.7. The van der Waals surface area contributed by atoms with Crippen LogP contribution in [0.1, 0.15) is 200 Å². The van der Waals surface area contributed by atoms with E-state index in [0.717, 1.165) is 57.8 Å². The molecule has 0 bridgehead atoms. The lowest BCUT2D eigenvalue weighted by molar-refractivity contribution is -0.889. The van der Waals surface area contributed by atoms with Gasteiger partial charge in [-0.25, -0.2) is 0 Å². The highest BCUT2D eigenvalue weighted by molar-refractivity contribution is 5.70. The van der Waals surface area contributed by atoms with Gasteiger partial charge in [0, 0.05) is 19.3 Å². The van der Waals surface area contributed by atoms with Gasteiger partial charge < -0.3 is 28.6 Å². The number of likely N-dealkylation sites (N-methyl/N-ethyl adjacent to an activating group) is 1. The zero-order valence-electron chi connectivity index (χ0n) is 38.2. The molecule has 0 aliphatic rings. The average molecular weight is 816 g/mol. The van der Waals surface area contributed by atoms with E-state index in [1.807, 2.05) is 0 Å². The number of hydrogen-bond donors (Lipinski definition) is 0. The minimum atomic E-state index is -1.13. The van der Waals surface area contributed by atoms with Crippen LogP contribution in [-0.4, -0.2) is 75.5 Å². The van der Waals surface area contributed by atoms with Crippen molar-refractivity contribution in [3.63, 3.8) is 0 Å². The first-order valence-electron chi connectivity index (χ1n) is 23.7. The third kappa shape index (κ3) is 38.8. The zero-order chi connectivity index (χ0) is 42.8. The van der Waals surface area contributed by atoms with Gasteiger partial charge in [0.1, 0.15) is 12.6 Å². The van der Waals surface area contributed by atoms with E-state index in [-0.39, 0.29) is 49.1 Å². The molecule has 336 valence electrons. The minimum Gasteiger partial charge on any atom is -0.544 e. The first-order valence-corrected chi connectivity index (χ1v) is 23.7. The van der Waals surface area contributed by atoms with Gasteiger partial charge in [0.25, 0.3) is 0 Å². The molecule has 0 aliphatic carbocycles. The molecule has 0 rings (SSSR count). The summed E-state index contributed by atoms with van der Waals surface area (Å²) in [7, 11) is 5.39. The summed E-state index contributed by atoms with van der Waals surface area (Å²) in [4.78, 5) is 36.9. The van der Waals surface area contributed by atoms with Crippen LogP contribution in [0.5, 0.6) is 0 Å². The first kappa shape index (κ1) is 55.3. The Hall–Kier alpha value is -2.71. The number of rotatable bonds is 42. The van der Waals surface area contributed by atoms with Crippen LogP contribution < -0.4 is 5.11 Å². The van der Waals surface area contributed by atoms with Crippen molar-refractivity contribution in [1.82, 2.24) is 0 Å². The van der Waals surface area contributed by atoms with Crippen molar-refractivity contribution >= 4 is 17.9 Å². The van der Waals surface area contributed by atoms with E-state index in [1.165, 1.54) is 103 Å². The van der Waals surface area contributed by atoms with Gasteiger partial charge in [-0.3, -0.25) is 9.59 Å². The average Bonchev–Trinajstić information content (AvgIpc) is 3.18. The fraction of sp³-hybridized carbons (Fsp3) is 0.780. The second-order valence-electron chi connectivity index (χ2n) is 17.0. The third-order valence-corrected chi connectivity index (χ3v) is 10.5. The second-order valence-corrected chi connectivity index (χ2v) is 17.0. The Morgan fingerprint density at radius 1 is 0.534 bits per heavy atom. The van der Waals surface area contributed by atoms with Crippen LogP contribution in [0.3, 0.4) is 0 Å². The molecule has 0 aromatic heterocycles. The van der Waals surface area contributed by atoms with Crippen LogP contribution >= 0.6 is 0 Å². The van der Waals surface area contributed by atoms with Gasteiger partial charge in [-0.05, 0) is 51.4 Å². The molecule has 2 atom stereocenters. The molecule has 2 unspecified atom stereocenters. The van der Waals surface area contributed by atoms with Gasteiger partial charge in [-0.2, -0.15) is 0 Å². The molecule has 0 N–H and O–H groups in total. The number of unbranched alkanes of at least 4 members (excludes halogenated alkanes) is 20. The molecular weight excluding hydrogens is 727 g/mol. The molecular formula is C50H89NO7. The highest BCUT2D eigenvalue weighted by Crippen LogP contribution is 2.16. The van der Waals surface area contributed by atoms with Gasteiger partial charge in [-0.1, -0.05) is 178 Å². The Morgan fingerprint density at radius 2 is 0.966 bits per heavy atom. The predicted molar refractivity (Wildman–Crippen MR) is 240 cm³/mol. The topological polar surface area (TPSA) is 102 Å². The Labute approximate surface area is 356 Å². The molecule has 0 aromatic rings. The Morgan fingerprint density at radius 3 is 1.43 bits per heavy atom. The van der Waals surface area contributed by atoms with Crippen LogP contribution in [0.25, 0.3) is 0 Å². The molecule has 0 spiro atoms. The smallest absolute Gasteiger partial charge is 0.306 e. The SMILES string of the molecule is CC/C=C\C/C=C\C/C=C\C/C=C\CCCCC(=O)OC(COCCC(C(=O)[O-])[N+](C)(C)C)COC(=O)CCCCCCCCCCCCCCCCCCCCC. The quantitative estimate of drug-likeness (QED) is 0.0262. The number of carbonyl (C=O) groups is 3. The Balaban J connectivity index is 4.31. The molecule has 0 saturated carbocycles. The van der Waals surface area contributed by atoms with Crippen molar-refractivity contribution in [3.8, 4) is 0 Å². The summed E-state index contributed by atoms with van der Waals surface area (Å²) in [6.45, 7) is 4.52. The summed E-state index contributed by atoms with van der Waals surface area (Å²) in [6.07, 6.45) is 48.6. The molecule has 0 fully saturated rings. The number of quaternary nitrogens is 1. The number of nitrogens with zero attached hydrogens (tertiary/aromatic N) is 1. The van der Waals surface area contributed by atoms with Crippen molar-refractivity contribution < 1.29 is 38.2 Å². The van der Waals surface area contributed by atoms with Crippen LogP contribution in [0, 0.1) is 0 Å². The molecule has 8 heteroatoms. The van der Waals surface area contributed by atoms with E-state index in [4.69, 9.17) is 14.2 Å². The second kappa shape index (κ2) is 41.0. The third-order valence-electron chi connectivity index (χ3n) is 10.5. The molecule has 0 radical (unpaired) electrons. The summed E-state index contributed by atoms with van der Waals surface area (Å²) >= 11 is 0. The largest absolute Gasteiger partial charge is 0.544 e. The van der Waals surface area contributed by atoms with Crippen molar-refractivity contribution in [2.45, 2.75) is 212 Å². The van der Waals surface area contributed by atoms with E-state index >= 15 is 0 Å². The monoisotopic (exact) mass is 816 g/mol. The highest BCUT2D eigenvalue weighted by atomic mass is 16.6. The van der Waals surface area contributed by atoms with Gasteiger partial charge in [0.15, 0.2) is 6.10 Å². The predicted octanol–water partition coefficient (Wildman–Crippen LogP) is 11.9. The molecule has 0 aromatic carbocycles. The number of carboxylic acid groups (broad SMARTS) is 1. The van der Waals surface area contributed by atoms with Gasteiger partial charge in [0.05, 0.1) is 40.3 Å². The van der Waals surface area contributed by atoms with Crippen LogP contribution in [0.2, 0.25) is 0 Å². The van der Waals surface area contributed by atoms with Crippen molar-refractivity contribution in [3.05, 3.63) is 48.6 Å². The Bertz CT molecular complexity index is 1090. The standard InChI is InChI=1S/C50H89NO7/c1-6-8-10-12-14-16-18-20-22-23-24-25-27-28-30-32-34-36-38-40-48(52)57-45-46(44-56-43-42-47(50(54)55)51(3,4)5)58-49(53)41-39-37-35-33-31-29-26-21-19-17-15-13-11-9-7-2/h9,11,15,17,21,26,31,33,46-47H,6-8,10,12-14,16,18-20,22-25,27-30,32,34-45H2,1-5H3/b11-9-,17-15-,26-21-,33-31-. The van der Waals surface area contributed by atoms with Crippen molar-refractivity contribution in [2.24, 2.45) is 0 Å². The lowest BCUT2D eigenvalue weighted by Gasteiger charge is -2.34. The van der Waals surface area contributed by atoms with Crippen LogP contribution in [-0.2, 0) is 28.6 Å². The number of carboxylic acids is 1. The van der Waals surface area contributed by atoms with Crippen LogP contribution in [0.15, 0.2) is 48.6 Å². The lowest BCUT2D eigenvalue weighted by Crippen LogP contribution is -2.55. The van der Waals surface area contributed by atoms with Crippen molar-refractivity contribution in [1.29, 1.82) is 0 Å². The highest BCUT2D eigenvalue weighted by Gasteiger charge is 2.25. The molecule has 0 heterocycles. The first-order chi connectivity index (χ1) is 28.1. The molecule has 0 amide bonds. The van der Waals surface area contributed by atoms with Crippen LogP contribution in [0.4, 0.5) is 0 Å². The van der Waals surface area contributed by atoms with E-state index in [2.05, 4.69) is 62.5 Å². The maximum atomic E-state index is 12.7. The number of hydrogen-bond acceptors (Lipinski definition) is 7. The number of aliphatic carboxylic acids is 1. The van der Waals surface area contributed by atoms with Gasteiger partial charge in [-0.15, -0.1) is 0 Å². The fourth-order valence-corrected chi connectivity index (χ4v) is 6.83.